The minimum atomic E-state index is -0.140. The van der Waals surface area contributed by atoms with Crippen LogP contribution in [0.15, 0.2) is 84.9 Å². The van der Waals surface area contributed by atoms with Gasteiger partial charge in [0.2, 0.25) is 5.91 Å². The minimum absolute atomic E-state index is 0.0885. The molecular formula is C22H20N2O2. The summed E-state index contributed by atoms with van der Waals surface area (Å²) in [6.45, 7) is 1.94. The highest BCUT2D eigenvalue weighted by Gasteiger charge is 2.18. The van der Waals surface area contributed by atoms with Gasteiger partial charge in [-0.15, -0.1) is 0 Å². The van der Waals surface area contributed by atoms with E-state index in [1.165, 1.54) is 6.92 Å². The van der Waals surface area contributed by atoms with Crippen molar-refractivity contribution in [3.63, 3.8) is 0 Å². The van der Waals surface area contributed by atoms with Crippen molar-refractivity contribution in [3.05, 3.63) is 96.1 Å². The Morgan fingerprint density at radius 1 is 0.808 bits per heavy atom. The normalized spacial score (nSPS) is 10.2. The lowest BCUT2D eigenvalue weighted by molar-refractivity contribution is -0.114. The third kappa shape index (κ3) is 4.36. The first kappa shape index (κ1) is 17.4. The molecule has 0 bridgehead atoms. The van der Waals surface area contributed by atoms with Crippen molar-refractivity contribution in [1.82, 2.24) is 0 Å². The largest absolute Gasteiger partial charge is 0.326 e. The second-order valence-electron chi connectivity index (χ2n) is 5.97. The Kier molecular flexibility index (Phi) is 5.44. The molecule has 130 valence electrons. The molecule has 0 atom stereocenters. The van der Waals surface area contributed by atoms with E-state index in [1.807, 2.05) is 60.7 Å². The number of hydrogen-bond donors (Lipinski definition) is 1. The standard InChI is InChI=1S/C22H20N2O2/c1-17(25)23-20-14-12-19(13-15-20)22(26)24(21-10-6-3-7-11-21)16-18-8-4-2-5-9-18/h2-15H,16H2,1H3,(H,23,25). The monoisotopic (exact) mass is 344 g/mol. The van der Waals surface area contributed by atoms with Crippen LogP contribution in [-0.2, 0) is 11.3 Å². The zero-order valence-corrected chi connectivity index (χ0v) is 14.6. The topological polar surface area (TPSA) is 49.4 Å². The van der Waals surface area contributed by atoms with Crippen molar-refractivity contribution in [2.75, 3.05) is 10.2 Å². The van der Waals surface area contributed by atoms with E-state index in [9.17, 15) is 9.59 Å². The molecule has 0 saturated carbocycles. The summed E-state index contributed by atoms with van der Waals surface area (Å²) >= 11 is 0. The van der Waals surface area contributed by atoms with E-state index < -0.39 is 0 Å². The van der Waals surface area contributed by atoms with Gasteiger partial charge in [-0.2, -0.15) is 0 Å². The van der Waals surface area contributed by atoms with Gasteiger partial charge in [-0.25, -0.2) is 0 Å². The summed E-state index contributed by atoms with van der Waals surface area (Å²) in [5.41, 5.74) is 3.13. The Bertz CT molecular complexity index is 875. The summed E-state index contributed by atoms with van der Waals surface area (Å²) in [4.78, 5) is 26.0. The number of hydrogen-bond acceptors (Lipinski definition) is 2. The van der Waals surface area contributed by atoms with Gasteiger partial charge in [0, 0.05) is 23.9 Å². The minimum Gasteiger partial charge on any atom is -0.326 e. The lowest BCUT2D eigenvalue weighted by Crippen LogP contribution is -2.30. The third-order valence-corrected chi connectivity index (χ3v) is 3.95. The van der Waals surface area contributed by atoms with Gasteiger partial charge in [0.1, 0.15) is 0 Å². The van der Waals surface area contributed by atoms with E-state index in [0.29, 0.717) is 17.8 Å². The van der Waals surface area contributed by atoms with Gasteiger partial charge in [-0.1, -0.05) is 48.5 Å². The molecule has 0 aliphatic rings. The average Bonchev–Trinajstić information content (AvgIpc) is 2.67. The van der Waals surface area contributed by atoms with Crippen LogP contribution in [0.3, 0.4) is 0 Å². The number of nitrogens with one attached hydrogen (secondary N) is 1. The van der Waals surface area contributed by atoms with E-state index >= 15 is 0 Å². The Morgan fingerprint density at radius 3 is 1.96 bits per heavy atom. The summed E-state index contributed by atoms with van der Waals surface area (Å²) in [5.74, 6) is -0.228. The third-order valence-electron chi connectivity index (χ3n) is 3.95. The molecule has 2 amide bonds. The van der Waals surface area contributed by atoms with Crippen LogP contribution in [0.25, 0.3) is 0 Å². The van der Waals surface area contributed by atoms with Crippen LogP contribution >= 0.6 is 0 Å². The number of benzene rings is 3. The van der Waals surface area contributed by atoms with Gasteiger partial charge in [0.25, 0.3) is 5.91 Å². The van der Waals surface area contributed by atoms with Crippen molar-refractivity contribution < 1.29 is 9.59 Å². The maximum absolute atomic E-state index is 13.1. The maximum Gasteiger partial charge on any atom is 0.258 e. The van der Waals surface area contributed by atoms with Crippen molar-refractivity contribution in [1.29, 1.82) is 0 Å². The van der Waals surface area contributed by atoms with Crippen molar-refractivity contribution in [3.8, 4) is 0 Å². The quantitative estimate of drug-likeness (QED) is 0.741. The molecule has 0 aliphatic carbocycles. The SMILES string of the molecule is CC(=O)Nc1ccc(C(=O)N(Cc2ccccc2)c2ccccc2)cc1. The lowest BCUT2D eigenvalue weighted by atomic mass is 10.1. The molecular weight excluding hydrogens is 324 g/mol. The molecule has 4 nitrogen and oxygen atoms in total. The zero-order chi connectivity index (χ0) is 18.4. The van der Waals surface area contributed by atoms with E-state index in [2.05, 4.69) is 5.32 Å². The highest BCUT2D eigenvalue weighted by atomic mass is 16.2. The molecule has 0 saturated heterocycles. The number of anilines is 2. The number of rotatable bonds is 5. The van der Waals surface area contributed by atoms with Gasteiger partial charge in [0.15, 0.2) is 0 Å². The van der Waals surface area contributed by atoms with Crippen molar-refractivity contribution in [2.24, 2.45) is 0 Å². The summed E-state index contributed by atoms with van der Waals surface area (Å²) in [6, 6.07) is 26.4. The molecule has 0 fully saturated rings. The van der Waals surface area contributed by atoms with Gasteiger partial charge in [0.05, 0.1) is 6.54 Å². The number of nitrogens with zero attached hydrogens (tertiary/aromatic N) is 1. The molecule has 3 rings (SSSR count). The van der Waals surface area contributed by atoms with E-state index in [1.54, 1.807) is 29.2 Å². The Labute approximate surface area is 153 Å². The van der Waals surface area contributed by atoms with Crippen LogP contribution in [0.2, 0.25) is 0 Å². The zero-order valence-electron chi connectivity index (χ0n) is 14.6. The molecule has 3 aromatic rings. The molecule has 0 unspecified atom stereocenters. The molecule has 0 aliphatic heterocycles. The van der Waals surface area contributed by atoms with Crippen LogP contribution in [0, 0.1) is 0 Å². The first-order valence-electron chi connectivity index (χ1n) is 8.42. The van der Waals surface area contributed by atoms with Crippen molar-refractivity contribution >= 4 is 23.2 Å². The van der Waals surface area contributed by atoms with Crippen LogP contribution in [0.5, 0.6) is 0 Å². The Balaban J connectivity index is 1.88. The second-order valence-corrected chi connectivity index (χ2v) is 5.97. The van der Waals surface area contributed by atoms with Gasteiger partial charge >= 0.3 is 0 Å². The first-order chi connectivity index (χ1) is 12.6. The fourth-order valence-corrected chi connectivity index (χ4v) is 2.71. The van der Waals surface area contributed by atoms with Crippen LogP contribution < -0.4 is 10.2 Å². The molecule has 0 heterocycles. The highest BCUT2D eigenvalue weighted by Crippen LogP contribution is 2.21. The molecule has 4 heteroatoms. The summed E-state index contributed by atoms with van der Waals surface area (Å²) in [7, 11) is 0. The summed E-state index contributed by atoms with van der Waals surface area (Å²) < 4.78 is 0. The second kappa shape index (κ2) is 8.12. The molecule has 1 N–H and O–H groups in total. The lowest BCUT2D eigenvalue weighted by Gasteiger charge is -2.23. The van der Waals surface area contributed by atoms with E-state index in [-0.39, 0.29) is 11.8 Å². The fourth-order valence-electron chi connectivity index (χ4n) is 2.71. The van der Waals surface area contributed by atoms with Gasteiger partial charge in [-0.05, 0) is 42.0 Å². The summed E-state index contributed by atoms with van der Waals surface area (Å²) in [5, 5.41) is 2.71. The molecule has 0 spiro atoms. The molecule has 0 aromatic heterocycles. The number of carbonyl (C=O) groups is 2. The van der Waals surface area contributed by atoms with Crippen LogP contribution in [0.4, 0.5) is 11.4 Å². The predicted molar refractivity (Wildman–Crippen MR) is 104 cm³/mol. The molecule has 26 heavy (non-hydrogen) atoms. The number of carbonyl (C=O) groups excluding carboxylic acids is 2. The van der Waals surface area contributed by atoms with E-state index in [4.69, 9.17) is 0 Å². The van der Waals surface area contributed by atoms with E-state index in [0.717, 1.165) is 11.3 Å². The highest BCUT2D eigenvalue weighted by molar-refractivity contribution is 6.06. The number of para-hydroxylation sites is 1. The first-order valence-corrected chi connectivity index (χ1v) is 8.42. The Hall–Kier alpha value is -3.40. The predicted octanol–water partition coefficient (Wildman–Crippen LogP) is 4.49. The molecule has 3 aromatic carbocycles. The molecule has 0 radical (unpaired) electrons. The Morgan fingerprint density at radius 2 is 1.38 bits per heavy atom. The maximum atomic E-state index is 13.1. The van der Waals surface area contributed by atoms with Gasteiger partial charge < -0.3 is 10.2 Å². The fraction of sp³-hybridized carbons (Fsp3) is 0.0909. The van der Waals surface area contributed by atoms with Crippen molar-refractivity contribution in [2.45, 2.75) is 13.5 Å². The number of amides is 2. The van der Waals surface area contributed by atoms with Crippen LogP contribution in [-0.4, -0.2) is 11.8 Å². The van der Waals surface area contributed by atoms with Crippen LogP contribution in [0.1, 0.15) is 22.8 Å². The summed E-state index contributed by atoms with van der Waals surface area (Å²) in [6.07, 6.45) is 0. The smallest absolute Gasteiger partial charge is 0.258 e. The average molecular weight is 344 g/mol. The van der Waals surface area contributed by atoms with Gasteiger partial charge in [-0.3, -0.25) is 9.59 Å².